The Kier molecular flexibility index (Phi) is 4.52. The predicted molar refractivity (Wildman–Crippen MR) is 119 cm³/mol. The van der Waals surface area contributed by atoms with Crippen LogP contribution >= 0.6 is 11.3 Å². The van der Waals surface area contributed by atoms with Gasteiger partial charge in [-0.2, -0.15) is 0 Å². The van der Waals surface area contributed by atoms with Crippen LogP contribution < -0.4 is 4.90 Å². The maximum Gasteiger partial charge on any atom is 0.279 e. The molecule has 0 saturated heterocycles. The number of hydrogen-bond donors (Lipinski definition) is 0. The Balaban J connectivity index is 1.66. The van der Waals surface area contributed by atoms with Crippen molar-refractivity contribution in [2.24, 2.45) is 0 Å². The Bertz CT molecular complexity index is 1370. The zero-order valence-electron chi connectivity index (χ0n) is 16.6. The summed E-state index contributed by atoms with van der Waals surface area (Å²) in [6.45, 7) is 4.28. The fourth-order valence-corrected chi connectivity index (χ4v) is 4.63. The quantitative estimate of drug-likeness (QED) is 0.424. The van der Waals surface area contributed by atoms with Crippen LogP contribution in [0.3, 0.4) is 0 Å². The molecule has 1 amide bonds. The summed E-state index contributed by atoms with van der Waals surface area (Å²) in [5.74, 6) is -0.133. The number of carbonyl (C=O) groups excluding carboxylic acids is 1. The van der Waals surface area contributed by atoms with Crippen molar-refractivity contribution in [2.75, 3.05) is 4.90 Å². The first-order valence-electron chi connectivity index (χ1n) is 9.62. The largest absolute Gasteiger partial charge is 0.295 e. The summed E-state index contributed by atoms with van der Waals surface area (Å²) < 4.78 is 2.90. The molecule has 7 heteroatoms. The van der Waals surface area contributed by atoms with Crippen molar-refractivity contribution in [2.45, 2.75) is 20.4 Å². The molecule has 6 nitrogen and oxygen atoms in total. The van der Waals surface area contributed by atoms with E-state index in [4.69, 9.17) is 4.98 Å². The molecule has 0 aliphatic heterocycles. The zero-order valence-corrected chi connectivity index (χ0v) is 17.4. The third kappa shape index (κ3) is 3.13. The minimum absolute atomic E-state index is 0.133. The van der Waals surface area contributed by atoms with E-state index < -0.39 is 0 Å². The Hall–Kier alpha value is -3.58. The van der Waals surface area contributed by atoms with Gasteiger partial charge in [0.25, 0.3) is 5.91 Å². The van der Waals surface area contributed by atoms with Gasteiger partial charge in [-0.05, 0) is 49.2 Å². The summed E-state index contributed by atoms with van der Waals surface area (Å²) in [7, 11) is 0. The van der Waals surface area contributed by atoms with Crippen LogP contribution in [0.4, 0.5) is 5.13 Å². The number of anilines is 1. The summed E-state index contributed by atoms with van der Waals surface area (Å²) in [5, 5.41) is 0.665. The number of benzene rings is 1. The molecule has 0 unspecified atom stereocenters. The molecule has 0 spiro atoms. The maximum absolute atomic E-state index is 13.8. The van der Waals surface area contributed by atoms with E-state index in [0.717, 1.165) is 27.0 Å². The van der Waals surface area contributed by atoms with Gasteiger partial charge < -0.3 is 0 Å². The number of imidazole rings is 1. The number of thiazole rings is 1. The smallest absolute Gasteiger partial charge is 0.279 e. The van der Waals surface area contributed by atoms with Gasteiger partial charge in [-0.3, -0.25) is 19.1 Å². The normalized spacial score (nSPS) is 11.3. The van der Waals surface area contributed by atoms with E-state index in [0.29, 0.717) is 23.1 Å². The second kappa shape index (κ2) is 7.35. The minimum Gasteiger partial charge on any atom is -0.295 e. The van der Waals surface area contributed by atoms with Gasteiger partial charge in [-0.25, -0.2) is 9.97 Å². The number of para-hydroxylation sites is 1. The molecule has 0 aliphatic rings. The fraction of sp³-hybridized carbons (Fsp3) is 0.130. The number of fused-ring (bicyclic) bond motifs is 2. The highest BCUT2D eigenvalue weighted by molar-refractivity contribution is 7.22. The van der Waals surface area contributed by atoms with E-state index in [1.807, 2.05) is 73.0 Å². The number of aromatic nitrogens is 4. The first-order chi connectivity index (χ1) is 14.6. The highest BCUT2D eigenvalue weighted by Gasteiger charge is 2.26. The van der Waals surface area contributed by atoms with E-state index in [-0.39, 0.29) is 5.91 Å². The van der Waals surface area contributed by atoms with E-state index in [1.54, 1.807) is 17.3 Å². The van der Waals surface area contributed by atoms with E-state index in [9.17, 15) is 4.79 Å². The molecule has 148 valence electrons. The van der Waals surface area contributed by atoms with E-state index in [2.05, 4.69) is 9.97 Å². The van der Waals surface area contributed by atoms with Gasteiger partial charge in [0.2, 0.25) is 0 Å². The summed E-state index contributed by atoms with van der Waals surface area (Å²) in [6, 6.07) is 15.6. The van der Waals surface area contributed by atoms with Crippen LogP contribution in [0, 0.1) is 13.8 Å². The zero-order chi connectivity index (χ0) is 20.7. The number of amides is 1. The van der Waals surface area contributed by atoms with Gasteiger partial charge in [-0.15, -0.1) is 0 Å². The van der Waals surface area contributed by atoms with Crippen molar-refractivity contribution in [3.63, 3.8) is 0 Å². The molecule has 5 aromatic rings. The topological polar surface area (TPSA) is 63.4 Å². The van der Waals surface area contributed by atoms with Crippen molar-refractivity contribution in [1.82, 2.24) is 19.4 Å². The third-order valence-corrected chi connectivity index (χ3v) is 6.10. The van der Waals surface area contributed by atoms with E-state index >= 15 is 0 Å². The molecule has 0 aliphatic carbocycles. The van der Waals surface area contributed by atoms with Crippen molar-refractivity contribution in [3.8, 4) is 0 Å². The van der Waals surface area contributed by atoms with Crippen molar-refractivity contribution in [1.29, 1.82) is 0 Å². The Morgan fingerprint density at radius 1 is 1.07 bits per heavy atom. The lowest BCUT2D eigenvalue weighted by Crippen LogP contribution is -2.31. The molecule has 1 aromatic carbocycles. The van der Waals surface area contributed by atoms with Gasteiger partial charge >= 0.3 is 0 Å². The van der Waals surface area contributed by atoms with Gasteiger partial charge in [0.05, 0.1) is 22.5 Å². The Morgan fingerprint density at radius 2 is 1.97 bits per heavy atom. The first-order valence-corrected chi connectivity index (χ1v) is 10.4. The number of nitrogens with zero attached hydrogens (tertiary/aromatic N) is 5. The van der Waals surface area contributed by atoms with Crippen LogP contribution in [0.15, 0.2) is 67.1 Å². The van der Waals surface area contributed by atoms with Gasteiger partial charge in [0.15, 0.2) is 5.13 Å². The predicted octanol–water partition coefficient (Wildman–Crippen LogP) is 4.80. The maximum atomic E-state index is 13.8. The van der Waals surface area contributed by atoms with Crippen LogP contribution in [0.5, 0.6) is 0 Å². The van der Waals surface area contributed by atoms with Crippen molar-refractivity contribution >= 4 is 38.2 Å². The standard InChI is InChI=1S/C23H19N5OS/c1-15-7-5-9-18-20(15)26-23(30-18)28(14-17-8-6-11-24-13-17)22(29)21-16(2)25-19-10-3-4-12-27(19)21/h3-13H,14H2,1-2H3. The Morgan fingerprint density at radius 3 is 2.77 bits per heavy atom. The molecule has 4 heterocycles. The average molecular weight is 414 g/mol. The van der Waals surface area contributed by atoms with Crippen molar-refractivity contribution < 1.29 is 4.79 Å². The monoisotopic (exact) mass is 413 g/mol. The summed E-state index contributed by atoms with van der Waals surface area (Å²) in [4.78, 5) is 29.1. The molecular formula is C23H19N5OS. The van der Waals surface area contributed by atoms with Crippen LogP contribution in [-0.2, 0) is 6.54 Å². The van der Waals surface area contributed by atoms with E-state index in [1.165, 1.54) is 11.3 Å². The molecule has 0 saturated carbocycles. The SMILES string of the molecule is Cc1nc2ccccn2c1C(=O)N(Cc1cccnc1)c1nc2c(C)cccc2s1. The molecule has 4 aromatic heterocycles. The summed E-state index contributed by atoms with van der Waals surface area (Å²) in [5.41, 5.74) is 4.95. The lowest BCUT2D eigenvalue weighted by molar-refractivity contribution is 0.0979. The molecule has 30 heavy (non-hydrogen) atoms. The number of rotatable bonds is 4. The first kappa shape index (κ1) is 18.4. The lowest BCUT2D eigenvalue weighted by atomic mass is 10.2. The number of aryl methyl sites for hydroxylation is 2. The van der Waals surface area contributed by atoms with Crippen LogP contribution in [-0.4, -0.2) is 25.3 Å². The van der Waals surface area contributed by atoms with Crippen LogP contribution in [0.25, 0.3) is 15.9 Å². The minimum atomic E-state index is -0.133. The second-order valence-electron chi connectivity index (χ2n) is 7.15. The number of hydrogen-bond acceptors (Lipinski definition) is 5. The molecule has 0 atom stereocenters. The summed E-state index contributed by atoms with van der Waals surface area (Å²) in [6.07, 6.45) is 5.37. The molecule has 5 rings (SSSR count). The second-order valence-corrected chi connectivity index (χ2v) is 8.15. The van der Waals surface area contributed by atoms with Crippen LogP contribution in [0.1, 0.15) is 27.3 Å². The molecule has 0 bridgehead atoms. The van der Waals surface area contributed by atoms with Gasteiger partial charge in [0.1, 0.15) is 11.3 Å². The molecule has 0 radical (unpaired) electrons. The highest BCUT2D eigenvalue weighted by atomic mass is 32.1. The summed E-state index contributed by atoms with van der Waals surface area (Å²) >= 11 is 1.52. The third-order valence-electron chi connectivity index (χ3n) is 5.06. The van der Waals surface area contributed by atoms with Gasteiger partial charge in [0, 0.05) is 18.6 Å². The fourth-order valence-electron chi connectivity index (χ4n) is 3.59. The number of pyridine rings is 2. The van der Waals surface area contributed by atoms with Crippen molar-refractivity contribution in [3.05, 3.63) is 89.6 Å². The van der Waals surface area contributed by atoms with Crippen LogP contribution in [0.2, 0.25) is 0 Å². The Labute approximate surface area is 177 Å². The highest BCUT2D eigenvalue weighted by Crippen LogP contribution is 2.32. The average Bonchev–Trinajstić information content (AvgIpc) is 3.33. The van der Waals surface area contributed by atoms with Gasteiger partial charge in [-0.1, -0.05) is 35.6 Å². The number of carbonyl (C=O) groups is 1. The molecule has 0 N–H and O–H groups in total. The molecular weight excluding hydrogens is 394 g/mol. The lowest BCUT2D eigenvalue weighted by Gasteiger charge is -2.20. The molecule has 0 fully saturated rings.